The summed E-state index contributed by atoms with van der Waals surface area (Å²) < 4.78 is 75.1. The lowest BCUT2D eigenvalue weighted by molar-refractivity contribution is -0.0523. The molecule has 0 heterocycles. The summed E-state index contributed by atoms with van der Waals surface area (Å²) in [7, 11) is -8.87. The normalized spacial score (nSPS) is 18.8. The molecule has 0 N–H and O–H groups in total. The highest BCUT2D eigenvalue weighted by Gasteiger charge is 2.52. The van der Waals surface area contributed by atoms with Crippen LogP contribution in [-0.2, 0) is 18.7 Å². The minimum atomic E-state index is -5.85. The number of hydrogen-bond donors (Lipinski definition) is 0. The average Bonchev–Trinajstić information content (AvgIpc) is 3.33. The molecule has 0 saturated heterocycles. The minimum Gasteiger partial charge on any atom is -0.407 e. The standard InChI is InChI=1S/C30H40F3N3O4SSi/c1-6-22(7-2)18-28(35-36-34)27-20-24(40-41(37,38)30(31,32)33)19-23(27)21-39-42(29(3,4)5,25-14-10-8-11-15-25)26-16-12-9-13-17-26/h8-17,19,22-23,27-28H,6-7,18,20-21H2,1-5H3/t23-,27+,28-/m0/s1. The van der Waals surface area contributed by atoms with E-state index in [2.05, 4.69) is 35.0 Å². The lowest BCUT2D eigenvalue weighted by Gasteiger charge is -2.44. The second-order valence-corrected chi connectivity index (χ2v) is 17.7. The maximum atomic E-state index is 13.2. The summed E-state index contributed by atoms with van der Waals surface area (Å²) in [4.78, 5) is 3.05. The van der Waals surface area contributed by atoms with Crippen molar-refractivity contribution in [3.8, 4) is 0 Å². The van der Waals surface area contributed by atoms with E-state index in [-0.39, 0.29) is 29.7 Å². The maximum absolute atomic E-state index is 13.2. The van der Waals surface area contributed by atoms with Crippen molar-refractivity contribution >= 4 is 28.8 Å². The van der Waals surface area contributed by atoms with E-state index in [0.717, 1.165) is 23.2 Å². The monoisotopic (exact) mass is 623 g/mol. The van der Waals surface area contributed by atoms with Crippen molar-refractivity contribution < 1.29 is 30.2 Å². The van der Waals surface area contributed by atoms with Crippen LogP contribution in [0, 0.1) is 17.8 Å². The minimum absolute atomic E-state index is 0.0806. The number of halogens is 3. The number of azide groups is 1. The van der Waals surface area contributed by atoms with E-state index in [1.165, 1.54) is 6.08 Å². The zero-order valence-electron chi connectivity index (χ0n) is 24.7. The number of nitrogens with zero attached hydrogens (tertiary/aromatic N) is 3. The summed E-state index contributed by atoms with van der Waals surface area (Å²) in [5.74, 6) is -1.13. The van der Waals surface area contributed by atoms with Crippen LogP contribution in [0.3, 0.4) is 0 Å². The van der Waals surface area contributed by atoms with Crippen LogP contribution in [0.1, 0.15) is 60.3 Å². The van der Waals surface area contributed by atoms with Crippen molar-refractivity contribution in [3.63, 3.8) is 0 Å². The van der Waals surface area contributed by atoms with Gasteiger partial charge in [-0.1, -0.05) is 113 Å². The van der Waals surface area contributed by atoms with Gasteiger partial charge in [-0.15, -0.1) is 0 Å². The number of rotatable bonds is 13. The topological polar surface area (TPSA) is 101 Å². The smallest absolute Gasteiger partial charge is 0.407 e. The summed E-state index contributed by atoms with van der Waals surface area (Å²) in [6.45, 7) is 10.5. The molecule has 0 aliphatic heterocycles. The molecule has 2 aromatic rings. The Balaban J connectivity index is 2.09. The maximum Gasteiger partial charge on any atom is 0.534 e. The average molecular weight is 624 g/mol. The zero-order valence-corrected chi connectivity index (χ0v) is 26.5. The van der Waals surface area contributed by atoms with E-state index >= 15 is 0 Å². The first-order valence-electron chi connectivity index (χ1n) is 14.2. The lowest BCUT2D eigenvalue weighted by Crippen LogP contribution is -2.67. The summed E-state index contributed by atoms with van der Waals surface area (Å²) in [6, 6.07) is 19.2. The van der Waals surface area contributed by atoms with E-state index in [1.54, 1.807) is 0 Å². The van der Waals surface area contributed by atoms with Crippen LogP contribution in [0.25, 0.3) is 10.4 Å². The summed E-state index contributed by atoms with van der Waals surface area (Å²) in [5, 5.41) is 5.76. The summed E-state index contributed by atoms with van der Waals surface area (Å²) in [6.07, 6.45) is 3.49. The second-order valence-electron chi connectivity index (χ2n) is 11.8. The molecule has 0 fully saturated rings. The van der Waals surface area contributed by atoms with Gasteiger partial charge in [-0.05, 0) is 45.3 Å². The Morgan fingerprint density at radius 1 is 1.00 bits per heavy atom. The Kier molecular flexibility index (Phi) is 11.0. The molecule has 3 atom stereocenters. The Bertz CT molecular complexity index is 1320. The first kappa shape index (κ1) is 33.7. The molecule has 0 spiro atoms. The first-order chi connectivity index (χ1) is 19.7. The van der Waals surface area contributed by atoms with E-state index in [9.17, 15) is 27.1 Å². The highest BCUT2D eigenvalue weighted by molar-refractivity contribution is 7.87. The predicted octanol–water partition coefficient (Wildman–Crippen LogP) is 7.45. The van der Waals surface area contributed by atoms with Gasteiger partial charge >= 0.3 is 15.6 Å². The van der Waals surface area contributed by atoms with Crippen LogP contribution in [0.2, 0.25) is 5.04 Å². The molecule has 0 saturated carbocycles. The van der Waals surface area contributed by atoms with Crippen molar-refractivity contribution in [2.75, 3.05) is 6.61 Å². The largest absolute Gasteiger partial charge is 0.534 e. The van der Waals surface area contributed by atoms with E-state index in [4.69, 9.17) is 4.43 Å². The van der Waals surface area contributed by atoms with Gasteiger partial charge in [0.1, 0.15) is 5.76 Å². The molecule has 230 valence electrons. The number of allylic oxidation sites excluding steroid dienone is 1. The number of hydrogen-bond acceptors (Lipinski definition) is 5. The van der Waals surface area contributed by atoms with Gasteiger partial charge in [0.15, 0.2) is 0 Å². The van der Waals surface area contributed by atoms with Gasteiger partial charge < -0.3 is 8.61 Å². The molecule has 12 heteroatoms. The molecule has 0 bridgehead atoms. The molecule has 1 aliphatic rings. The van der Waals surface area contributed by atoms with Gasteiger partial charge in [-0.2, -0.15) is 21.6 Å². The van der Waals surface area contributed by atoms with Crippen molar-refractivity contribution in [2.24, 2.45) is 22.9 Å². The van der Waals surface area contributed by atoms with E-state index < -0.39 is 41.8 Å². The Morgan fingerprint density at radius 3 is 1.95 bits per heavy atom. The molecular formula is C30H40F3N3O4SSi. The van der Waals surface area contributed by atoms with Crippen molar-refractivity contribution in [2.45, 2.75) is 76.9 Å². The van der Waals surface area contributed by atoms with Crippen LogP contribution in [0.4, 0.5) is 13.2 Å². The molecule has 0 amide bonds. The first-order valence-corrected chi connectivity index (χ1v) is 17.5. The van der Waals surface area contributed by atoms with Crippen molar-refractivity contribution in [1.29, 1.82) is 0 Å². The zero-order chi connectivity index (χ0) is 31.2. The molecular weight excluding hydrogens is 583 g/mol. The van der Waals surface area contributed by atoms with Crippen LogP contribution >= 0.6 is 0 Å². The van der Waals surface area contributed by atoms with E-state index in [1.807, 2.05) is 74.5 Å². The van der Waals surface area contributed by atoms with Crippen molar-refractivity contribution in [1.82, 2.24) is 0 Å². The van der Waals surface area contributed by atoms with Crippen LogP contribution in [0.15, 0.2) is 77.6 Å². The Hall–Kier alpha value is -2.79. The lowest BCUT2D eigenvalue weighted by atomic mass is 9.82. The third-order valence-electron chi connectivity index (χ3n) is 8.22. The highest BCUT2D eigenvalue weighted by atomic mass is 32.2. The van der Waals surface area contributed by atoms with Gasteiger partial charge in [0.25, 0.3) is 8.32 Å². The molecule has 7 nitrogen and oxygen atoms in total. The molecule has 0 unspecified atom stereocenters. The summed E-state index contributed by atoms with van der Waals surface area (Å²) in [5.41, 5.74) is 3.84. The van der Waals surface area contributed by atoms with Crippen LogP contribution in [-0.4, -0.2) is 34.9 Å². The summed E-state index contributed by atoms with van der Waals surface area (Å²) >= 11 is 0. The third kappa shape index (κ3) is 7.40. The molecule has 0 radical (unpaired) electrons. The number of benzene rings is 2. The fourth-order valence-corrected chi connectivity index (χ4v) is 11.1. The van der Waals surface area contributed by atoms with Crippen LogP contribution in [0.5, 0.6) is 0 Å². The fourth-order valence-electron chi connectivity index (χ4n) is 5.98. The third-order valence-corrected chi connectivity index (χ3v) is 14.2. The van der Waals surface area contributed by atoms with Gasteiger partial charge in [0.05, 0.1) is 0 Å². The predicted molar refractivity (Wildman–Crippen MR) is 161 cm³/mol. The molecule has 0 aromatic heterocycles. The SMILES string of the molecule is CCC(CC)C[C@H](N=[N+]=[N-])[C@@H]1CC(OS(=O)(=O)C(F)(F)F)=C[C@H]1CO[Si](c1ccccc1)(c1ccccc1)C(C)(C)C. The molecule has 42 heavy (non-hydrogen) atoms. The quantitative estimate of drug-likeness (QED) is 0.0577. The van der Waals surface area contributed by atoms with Gasteiger partial charge in [0.2, 0.25) is 0 Å². The van der Waals surface area contributed by atoms with Gasteiger partial charge in [-0.25, -0.2) is 0 Å². The molecule has 2 aromatic carbocycles. The second kappa shape index (κ2) is 13.7. The van der Waals surface area contributed by atoms with Gasteiger partial charge in [-0.3, -0.25) is 0 Å². The van der Waals surface area contributed by atoms with Gasteiger partial charge in [0, 0.05) is 29.9 Å². The Morgan fingerprint density at radius 2 is 1.52 bits per heavy atom. The molecule has 1 aliphatic carbocycles. The highest BCUT2D eigenvalue weighted by Crippen LogP contribution is 2.42. The van der Waals surface area contributed by atoms with E-state index in [0.29, 0.717) is 6.42 Å². The fraction of sp³-hybridized carbons (Fsp3) is 0.533. The Labute approximate surface area is 248 Å². The molecule has 3 rings (SSSR count). The van der Waals surface area contributed by atoms with Crippen molar-refractivity contribution in [3.05, 3.63) is 82.9 Å². The van der Waals surface area contributed by atoms with Crippen LogP contribution < -0.4 is 10.4 Å². The number of alkyl halides is 3.